The van der Waals surface area contributed by atoms with Gasteiger partial charge in [0.1, 0.15) is 11.5 Å². The zero-order valence-corrected chi connectivity index (χ0v) is 9.76. The summed E-state index contributed by atoms with van der Waals surface area (Å²) in [6.07, 6.45) is 3.04. The molecule has 0 radical (unpaired) electrons. The molecule has 1 aromatic carbocycles. The first-order chi connectivity index (χ1) is 7.18. The van der Waals surface area contributed by atoms with Crippen molar-refractivity contribution in [3.63, 3.8) is 0 Å². The predicted molar refractivity (Wildman–Crippen MR) is 60.1 cm³/mol. The highest BCUT2D eigenvalue weighted by Gasteiger charge is 2.07. The number of rotatable bonds is 1. The van der Waals surface area contributed by atoms with Crippen molar-refractivity contribution in [1.29, 1.82) is 0 Å². The summed E-state index contributed by atoms with van der Waals surface area (Å²) in [5.74, 6) is -0.321. The van der Waals surface area contributed by atoms with Gasteiger partial charge in [-0.25, -0.2) is 9.37 Å². The highest BCUT2D eigenvalue weighted by molar-refractivity contribution is 9.10. The van der Waals surface area contributed by atoms with Crippen LogP contribution >= 0.6 is 27.5 Å². The molecule has 5 heteroatoms. The Hall–Kier alpha value is -1.00. The van der Waals surface area contributed by atoms with Crippen molar-refractivity contribution in [3.05, 3.63) is 46.0 Å². The van der Waals surface area contributed by atoms with Crippen LogP contribution in [0.1, 0.15) is 0 Å². The minimum atomic E-state index is -0.321. The van der Waals surface area contributed by atoms with Crippen LogP contribution < -0.4 is 0 Å². The molecule has 2 nitrogen and oxygen atoms in total. The topological polar surface area (TPSA) is 25.8 Å². The first-order valence-corrected chi connectivity index (χ1v) is 5.27. The van der Waals surface area contributed by atoms with Gasteiger partial charge in [-0.3, -0.25) is 4.98 Å². The highest BCUT2D eigenvalue weighted by atomic mass is 79.9. The number of aromatic nitrogens is 2. The van der Waals surface area contributed by atoms with E-state index in [0.717, 1.165) is 5.56 Å². The van der Waals surface area contributed by atoms with E-state index in [4.69, 9.17) is 11.6 Å². The number of benzene rings is 1. The molecule has 15 heavy (non-hydrogen) atoms. The molecule has 0 amide bonds. The second-order valence-electron chi connectivity index (χ2n) is 2.82. The van der Waals surface area contributed by atoms with Gasteiger partial charge in [0.25, 0.3) is 0 Å². The van der Waals surface area contributed by atoms with Gasteiger partial charge >= 0.3 is 0 Å². The molecule has 1 aromatic heterocycles. The minimum absolute atomic E-state index is 0.302. The Kier molecular flexibility index (Phi) is 2.98. The van der Waals surface area contributed by atoms with Gasteiger partial charge in [-0.15, -0.1) is 0 Å². The molecule has 0 spiro atoms. The van der Waals surface area contributed by atoms with E-state index in [1.807, 2.05) is 0 Å². The van der Waals surface area contributed by atoms with Gasteiger partial charge in [0, 0.05) is 18.0 Å². The van der Waals surface area contributed by atoms with Crippen molar-refractivity contribution in [3.8, 4) is 11.3 Å². The van der Waals surface area contributed by atoms with Gasteiger partial charge < -0.3 is 0 Å². The Morgan fingerprint density at radius 3 is 2.60 bits per heavy atom. The van der Waals surface area contributed by atoms with Gasteiger partial charge in [0.15, 0.2) is 5.15 Å². The maximum Gasteiger partial charge on any atom is 0.155 e. The number of nitrogens with zero attached hydrogens (tertiary/aromatic N) is 2. The monoisotopic (exact) mass is 286 g/mol. The lowest BCUT2D eigenvalue weighted by Gasteiger charge is -2.03. The van der Waals surface area contributed by atoms with Gasteiger partial charge in [-0.1, -0.05) is 11.6 Å². The van der Waals surface area contributed by atoms with E-state index in [9.17, 15) is 4.39 Å². The summed E-state index contributed by atoms with van der Waals surface area (Å²) in [7, 11) is 0. The fourth-order valence-corrected chi connectivity index (χ4v) is 1.75. The number of hydrogen-bond donors (Lipinski definition) is 0. The molecule has 0 aliphatic rings. The Morgan fingerprint density at radius 2 is 1.93 bits per heavy atom. The van der Waals surface area contributed by atoms with Crippen LogP contribution in [0.15, 0.2) is 35.1 Å². The summed E-state index contributed by atoms with van der Waals surface area (Å²) >= 11 is 8.97. The molecule has 0 saturated heterocycles. The van der Waals surface area contributed by atoms with Crippen molar-refractivity contribution in [2.45, 2.75) is 0 Å². The van der Waals surface area contributed by atoms with E-state index < -0.39 is 0 Å². The maximum absolute atomic E-state index is 13.0. The third kappa shape index (κ3) is 2.16. The quantitative estimate of drug-likeness (QED) is 0.799. The maximum atomic E-state index is 13.0. The van der Waals surface area contributed by atoms with E-state index in [1.165, 1.54) is 12.3 Å². The fourth-order valence-electron chi connectivity index (χ4n) is 1.16. The van der Waals surface area contributed by atoms with Gasteiger partial charge in [0.2, 0.25) is 0 Å². The van der Waals surface area contributed by atoms with Crippen LogP contribution in [0.2, 0.25) is 5.15 Å². The van der Waals surface area contributed by atoms with Crippen LogP contribution in [0.4, 0.5) is 4.39 Å². The predicted octanol–water partition coefficient (Wildman–Crippen LogP) is 3.70. The molecule has 1 heterocycles. The molecule has 0 N–H and O–H groups in total. The van der Waals surface area contributed by atoms with E-state index in [0.29, 0.717) is 15.3 Å². The summed E-state index contributed by atoms with van der Waals surface area (Å²) in [4.78, 5) is 7.98. The third-order valence-corrected chi connectivity index (χ3v) is 2.73. The molecule has 0 unspecified atom stereocenters. The van der Waals surface area contributed by atoms with Crippen LogP contribution in [-0.4, -0.2) is 9.97 Å². The van der Waals surface area contributed by atoms with Gasteiger partial charge in [-0.05, 0) is 34.1 Å². The second kappa shape index (κ2) is 4.24. The highest BCUT2D eigenvalue weighted by Crippen LogP contribution is 2.27. The molecule has 76 valence electrons. The van der Waals surface area contributed by atoms with E-state index in [-0.39, 0.29) is 5.82 Å². The summed E-state index contributed by atoms with van der Waals surface area (Å²) in [6, 6.07) is 4.58. The summed E-state index contributed by atoms with van der Waals surface area (Å²) < 4.78 is 13.4. The second-order valence-corrected chi connectivity index (χ2v) is 4.04. The number of halogens is 3. The van der Waals surface area contributed by atoms with Gasteiger partial charge in [0.05, 0.1) is 4.47 Å². The van der Waals surface area contributed by atoms with Crippen LogP contribution in [0.5, 0.6) is 0 Å². The van der Waals surface area contributed by atoms with Crippen molar-refractivity contribution >= 4 is 27.5 Å². The lowest BCUT2D eigenvalue weighted by atomic mass is 10.1. The normalized spacial score (nSPS) is 10.3. The van der Waals surface area contributed by atoms with Crippen molar-refractivity contribution in [1.82, 2.24) is 9.97 Å². The molecule has 0 fully saturated rings. The van der Waals surface area contributed by atoms with Crippen molar-refractivity contribution < 1.29 is 4.39 Å². The van der Waals surface area contributed by atoms with Crippen molar-refractivity contribution in [2.24, 2.45) is 0 Å². The summed E-state index contributed by atoms with van der Waals surface area (Å²) in [5, 5.41) is 0.302. The lowest BCUT2D eigenvalue weighted by molar-refractivity contribution is 0.621. The Labute approximate surface area is 99.3 Å². The molecule has 0 bridgehead atoms. The SMILES string of the molecule is Fc1ccc(-c2nccnc2Cl)cc1Br. The van der Waals surface area contributed by atoms with Gasteiger partial charge in [-0.2, -0.15) is 0 Å². The van der Waals surface area contributed by atoms with E-state index in [1.54, 1.807) is 18.3 Å². The first kappa shape index (κ1) is 10.5. The average molecular weight is 288 g/mol. The molecule has 2 aromatic rings. The zero-order chi connectivity index (χ0) is 10.8. The molecule has 0 aliphatic carbocycles. The Bertz CT molecular complexity index is 505. The van der Waals surface area contributed by atoms with Crippen LogP contribution in [0.3, 0.4) is 0 Å². The largest absolute Gasteiger partial charge is 0.251 e. The minimum Gasteiger partial charge on any atom is -0.251 e. The van der Waals surface area contributed by atoms with E-state index in [2.05, 4.69) is 25.9 Å². The smallest absolute Gasteiger partial charge is 0.155 e. The Morgan fingerprint density at radius 1 is 1.20 bits per heavy atom. The zero-order valence-electron chi connectivity index (χ0n) is 7.42. The molecular weight excluding hydrogens is 282 g/mol. The van der Waals surface area contributed by atoms with E-state index >= 15 is 0 Å². The summed E-state index contributed by atoms with van der Waals surface area (Å²) in [6.45, 7) is 0. The average Bonchev–Trinajstić information content (AvgIpc) is 2.23. The van der Waals surface area contributed by atoms with Crippen LogP contribution in [-0.2, 0) is 0 Å². The molecule has 0 aliphatic heterocycles. The van der Waals surface area contributed by atoms with Crippen LogP contribution in [0, 0.1) is 5.82 Å². The Balaban J connectivity index is 2.55. The van der Waals surface area contributed by atoms with Crippen molar-refractivity contribution in [2.75, 3.05) is 0 Å². The molecule has 0 saturated carbocycles. The fraction of sp³-hybridized carbons (Fsp3) is 0. The first-order valence-electron chi connectivity index (χ1n) is 4.10. The number of hydrogen-bond acceptors (Lipinski definition) is 2. The molecule has 0 atom stereocenters. The lowest BCUT2D eigenvalue weighted by Crippen LogP contribution is -1.88. The molecule has 2 rings (SSSR count). The molecular formula is C10H5BrClFN2. The summed E-state index contributed by atoms with van der Waals surface area (Å²) in [5.41, 5.74) is 1.27. The standard InChI is InChI=1S/C10H5BrClFN2/c11-7-5-6(1-2-8(7)13)9-10(12)15-4-3-14-9/h1-5H. The van der Waals surface area contributed by atoms with Crippen LogP contribution in [0.25, 0.3) is 11.3 Å². The third-order valence-electron chi connectivity index (χ3n) is 1.85.